The molecule has 5 nitrogen and oxygen atoms in total. The van der Waals surface area contributed by atoms with Crippen molar-refractivity contribution in [2.75, 3.05) is 6.54 Å². The van der Waals surface area contributed by atoms with Crippen molar-refractivity contribution in [3.8, 4) is 5.75 Å². The predicted octanol–water partition coefficient (Wildman–Crippen LogP) is 1.89. The number of para-hydroxylation sites is 1. The quantitative estimate of drug-likeness (QED) is 0.873. The highest BCUT2D eigenvalue weighted by molar-refractivity contribution is 6.32. The summed E-state index contributed by atoms with van der Waals surface area (Å²) in [7, 11) is 0. The van der Waals surface area contributed by atoms with E-state index in [0.29, 0.717) is 36.6 Å². The van der Waals surface area contributed by atoms with Gasteiger partial charge in [-0.2, -0.15) is 0 Å². The van der Waals surface area contributed by atoms with Gasteiger partial charge in [-0.1, -0.05) is 30.7 Å². The Kier molecular flexibility index (Phi) is 5.44. The van der Waals surface area contributed by atoms with Crippen LogP contribution in [-0.4, -0.2) is 30.5 Å². The highest BCUT2D eigenvalue weighted by Crippen LogP contribution is 2.24. The monoisotopic (exact) mass is 310 g/mol. The summed E-state index contributed by atoms with van der Waals surface area (Å²) in [4.78, 5) is 23.3. The Balaban J connectivity index is 1.92. The second-order valence-electron chi connectivity index (χ2n) is 4.99. The van der Waals surface area contributed by atoms with Crippen LogP contribution in [0.5, 0.6) is 5.75 Å². The summed E-state index contributed by atoms with van der Waals surface area (Å²) in [5.41, 5.74) is 0. The van der Waals surface area contributed by atoms with Crippen LogP contribution in [-0.2, 0) is 9.59 Å². The summed E-state index contributed by atoms with van der Waals surface area (Å²) in [6.07, 6.45) is 1.03. The van der Waals surface area contributed by atoms with Crippen molar-refractivity contribution in [1.82, 2.24) is 10.6 Å². The van der Waals surface area contributed by atoms with Crippen molar-refractivity contribution in [3.05, 3.63) is 29.3 Å². The molecule has 1 aliphatic heterocycles. The van der Waals surface area contributed by atoms with E-state index in [1.807, 2.05) is 13.0 Å². The minimum Gasteiger partial charge on any atom is -0.479 e. The molecule has 1 saturated heterocycles. The maximum Gasteiger partial charge on any atom is 0.261 e. The van der Waals surface area contributed by atoms with Gasteiger partial charge in [0.2, 0.25) is 5.91 Å². The van der Waals surface area contributed by atoms with Crippen LogP contribution >= 0.6 is 11.6 Å². The van der Waals surface area contributed by atoms with E-state index in [0.717, 1.165) is 0 Å². The standard InChI is InChI=1S/C15H19ClN2O3/c1-2-12(21-13-6-4-3-5-11(13)16)15(20)18-10-7-8-14(19)17-9-10/h3-6,10,12H,2,7-9H2,1H3,(H,17,19)(H,18,20)/t10-,12+/m1/s1. The third kappa shape index (κ3) is 4.36. The van der Waals surface area contributed by atoms with E-state index in [2.05, 4.69) is 10.6 Å². The molecule has 6 heteroatoms. The molecule has 2 N–H and O–H groups in total. The first-order valence-corrected chi connectivity index (χ1v) is 7.46. The van der Waals surface area contributed by atoms with Crippen LogP contribution in [0.3, 0.4) is 0 Å². The van der Waals surface area contributed by atoms with Crippen LogP contribution < -0.4 is 15.4 Å². The van der Waals surface area contributed by atoms with Gasteiger partial charge in [-0.3, -0.25) is 9.59 Å². The number of carbonyl (C=O) groups is 2. The number of hydrogen-bond donors (Lipinski definition) is 2. The summed E-state index contributed by atoms with van der Waals surface area (Å²) in [6, 6.07) is 7.03. The average Bonchev–Trinajstić information content (AvgIpc) is 2.48. The summed E-state index contributed by atoms with van der Waals surface area (Å²) in [6.45, 7) is 2.34. The Morgan fingerprint density at radius 1 is 1.52 bits per heavy atom. The van der Waals surface area contributed by atoms with Gasteiger partial charge in [0.05, 0.1) is 5.02 Å². The van der Waals surface area contributed by atoms with Crippen LogP contribution in [0.1, 0.15) is 26.2 Å². The summed E-state index contributed by atoms with van der Waals surface area (Å²) >= 11 is 6.03. The molecule has 2 amide bonds. The van der Waals surface area contributed by atoms with E-state index in [9.17, 15) is 9.59 Å². The molecule has 1 aliphatic rings. The molecule has 0 radical (unpaired) electrons. The van der Waals surface area contributed by atoms with E-state index >= 15 is 0 Å². The second-order valence-corrected chi connectivity index (χ2v) is 5.40. The first-order valence-electron chi connectivity index (χ1n) is 7.08. The molecular weight excluding hydrogens is 292 g/mol. The topological polar surface area (TPSA) is 67.4 Å². The Hall–Kier alpha value is -1.75. The predicted molar refractivity (Wildman–Crippen MR) is 80.3 cm³/mol. The van der Waals surface area contributed by atoms with E-state index in [1.54, 1.807) is 18.2 Å². The number of benzene rings is 1. The van der Waals surface area contributed by atoms with E-state index in [-0.39, 0.29) is 17.9 Å². The highest BCUT2D eigenvalue weighted by atomic mass is 35.5. The summed E-state index contributed by atoms with van der Waals surface area (Å²) in [5.74, 6) is 0.344. The Bertz CT molecular complexity index is 511. The number of amides is 2. The minimum atomic E-state index is -0.595. The van der Waals surface area contributed by atoms with Gasteiger partial charge in [0.1, 0.15) is 5.75 Å². The second kappa shape index (κ2) is 7.31. The van der Waals surface area contributed by atoms with Crippen molar-refractivity contribution < 1.29 is 14.3 Å². The minimum absolute atomic E-state index is 0.0276. The molecule has 114 valence electrons. The lowest BCUT2D eigenvalue weighted by molar-refractivity contribution is -0.130. The number of hydrogen-bond acceptors (Lipinski definition) is 3. The lowest BCUT2D eigenvalue weighted by Crippen LogP contribution is -2.51. The zero-order valence-electron chi connectivity index (χ0n) is 11.9. The van der Waals surface area contributed by atoms with Crippen molar-refractivity contribution in [2.24, 2.45) is 0 Å². The Morgan fingerprint density at radius 3 is 2.90 bits per heavy atom. The molecule has 2 rings (SSSR count). The molecule has 0 bridgehead atoms. The van der Waals surface area contributed by atoms with Crippen LogP contribution in [0, 0.1) is 0 Å². The van der Waals surface area contributed by atoms with Gasteiger partial charge in [0.25, 0.3) is 5.91 Å². The van der Waals surface area contributed by atoms with Gasteiger partial charge in [-0.15, -0.1) is 0 Å². The number of rotatable bonds is 5. The fourth-order valence-electron chi connectivity index (χ4n) is 2.17. The van der Waals surface area contributed by atoms with E-state index in [1.165, 1.54) is 0 Å². The lowest BCUT2D eigenvalue weighted by Gasteiger charge is -2.26. The van der Waals surface area contributed by atoms with Crippen LogP contribution in [0.15, 0.2) is 24.3 Å². The first-order chi connectivity index (χ1) is 10.1. The largest absolute Gasteiger partial charge is 0.479 e. The third-order valence-corrected chi connectivity index (χ3v) is 3.69. The van der Waals surface area contributed by atoms with Gasteiger partial charge in [0, 0.05) is 19.0 Å². The third-order valence-electron chi connectivity index (χ3n) is 3.38. The van der Waals surface area contributed by atoms with Crippen molar-refractivity contribution in [3.63, 3.8) is 0 Å². The maximum atomic E-state index is 12.2. The molecule has 0 saturated carbocycles. The SMILES string of the molecule is CC[C@H](Oc1ccccc1Cl)C(=O)N[C@@H]1CCC(=O)NC1. The van der Waals surface area contributed by atoms with Gasteiger partial charge in [-0.25, -0.2) is 0 Å². The van der Waals surface area contributed by atoms with Crippen molar-refractivity contribution >= 4 is 23.4 Å². The van der Waals surface area contributed by atoms with Crippen molar-refractivity contribution in [2.45, 2.75) is 38.3 Å². The molecule has 1 aromatic rings. The molecule has 21 heavy (non-hydrogen) atoms. The molecule has 0 spiro atoms. The molecular formula is C15H19ClN2O3. The number of ether oxygens (including phenoxy) is 1. The van der Waals surface area contributed by atoms with Gasteiger partial charge >= 0.3 is 0 Å². The number of carbonyl (C=O) groups excluding carboxylic acids is 2. The Morgan fingerprint density at radius 2 is 2.29 bits per heavy atom. The van der Waals surface area contributed by atoms with E-state index < -0.39 is 6.10 Å². The van der Waals surface area contributed by atoms with Crippen LogP contribution in [0.2, 0.25) is 5.02 Å². The fraction of sp³-hybridized carbons (Fsp3) is 0.467. The zero-order valence-corrected chi connectivity index (χ0v) is 12.7. The fourth-order valence-corrected chi connectivity index (χ4v) is 2.35. The number of halogens is 1. The molecule has 0 aliphatic carbocycles. The first kappa shape index (κ1) is 15.6. The van der Waals surface area contributed by atoms with E-state index in [4.69, 9.17) is 16.3 Å². The van der Waals surface area contributed by atoms with Gasteiger partial charge in [-0.05, 0) is 25.0 Å². The van der Waals surface area contributed by atoms with Gasteiger partial charge in [0.15, 0.2) is 6.10 Å². The molecule has 2 atom stereocenters. The normalized spacial score (nSPS) is 19.5. The summed E-state index contributed by atoms with van der Waals surface area (Å²) in [5, 5.41) is 6.13. The van der Waals surface area contributed by atoms with Gasteiger partial charge < -0.3 is 15.4 Å². The number of piperidine rings is 1. The summed E-state index contributed by atoms with van der Waals surface area (Å²) < 4.78 is 5.69. The Labute approximate surface area is 129 Å². The molecule has 1 aromatic carbocycles. The molecule has 1 fully saturated rings. The smallest absolute Gasteiger partial charge is 0.261 e. The van der Waals surface area contributed by atoms with Crippen LogP contribution in [0.25, 0.3) is 0 Å². The zero-order chi connectivity index (χ0) is 15.2. The molecule has 0 unspecified atom stereocenters. The number of nitrogens with one attached hydrogen (secondary N) is 2. The van der Waals surface area contributed by atoms with Crippen molar-refractivity contribution in [1.29, 1.82) is 0 Å². The average molecular weight is 311 g/mol. The maximum absolute atomic E-state index is 12.2. The van der Waals surface area contributed by atoms with Crippen LogP contribution in [0.4, 0.5) is 0 Å². The molecule has 0 aromatic heterocycles. The molecule has 1 heterocycles. The highest BCUT2D eigenvalue weighted by Gasteiger charge is 2.25. The lowest BCUT2D eigenvalue weighted by atomic mass is 10.1.